The average molecular weight is 314 g/mol. The fourth-order valence-electron chi connectivity index (χ4n) is 2.96. The Morgan fingerprint density at radius 2 is 2.00 bits per heavy atom. The van der Waals surface area contributed by atoms with Gasteiger partial charge in [0.15, 0.2) is 0 Å². The molecule has 1 amide bonds. The highest BCUT2D eigenvalue weighted by Crippen LogP contribution is 2.17. The predicted molar refractivity (Wildman–Crippen MR) is 90.7 cm³/mol. The minimum atomic E-state index is 0.0585. The van der Waals surface area contributed by atoms with Gasteiger partial charge in [0.1, 0.15) is 0 Å². The molecule has 0 spiro atoms. The zero-order valence-corrected chi connectivity index (χ0v) is 14.0. The van der Waals surface area contributed by atoms with Gasteiger partial charge in [-0.05, 0) is 45.6 Å². The van der Waals surface area contributed by atoms with Crippen molar-refractivity contribution in [3.63, 3.8) is 0 Å². The van der Waals surface area contributed by atoms with Crippen LogP contribution in [0.3, 0.4) is 0 Å². The third-order valence-corrected chi connectivity index (χ3v) is 4.44. The van der Waals surface area contributed by atoms with Crippen molar-refractivity contribution in [1.29, 1.82) is 5.26 Å². The van der Waals surface area contributed by atoms with Gasteiger partial charge in [0, 0.05) is 12.5 Å². The Balaban J connectivity index is 1.80. The number of piperidine rings is 1. The Morgan fingerprint density at radius 3 is 2.57 bits per heavy atom. The molecule has 1 N–H and O–H groups in total. The summed E-state index contributed by atoms with van der Waals surface area (Å²) >= 11 is 0. The van der Waals surface area contributed by atoms with E-state index in [4.69, 9.17) is 5.26 Å². The second kappa shape index (κ2) is 8.66. The van der Waals surface area contributed by atoms with Crippen LogP contribution in [0.4, 0.5) is 0 Å². The van der Waals surface area contributed by atoms with Crippen LogP contribution in [-0.4, -0.2) is 56.0 Å². The summed E-state index contributed by atoms with van der Waals surface area (Å²) in [7, 11) is 4.05. The Bertz CT molecular complexity index is 530. The zero-order valence-electron chi connectivity index (χ0n) is 14.0. The summed E-state index contributed by atoms with van der Waals surface area (Å²) in [6, 6.07) is 12.7. The molecule has 1 atom stereocenters. The van der Waals surface area contributed by atoms with Crippen LogP contribution in [0.25, 0.3) is 0 Å². The maximum absolute atomic E-state index is 12.2. The van der Waals surface area contributed by atoms with Crippen LogP contribution in [0.1, 0.15) is 24.4 Å². The number of benzene rings is 1. The molecule has 5 nitrogen and oxygen atoms in total. The molecule has 0 aromatic heterocycles. The van der Waals surface area contributed by atoms with Gasteiger partial charge in [0.05, 0.1) is 18.7 Å². The quantitative estimate of drug-likeness (QED) is 0.867. The van der Waals surface area contributed by atoms with E-state index in [9.17, 15) is 4.79 Å². The Morgan fingerprint density at radius 1 is 1.35 bits per heavy atom. The second-order valence-corrected chi connectivity index (χ2v) is 6.37. The van der Waals surface area contributed by atoms with Crippen molar-refractivity contribution in [2.75, 3.05) is 40.3 Å². The van der Waals surface area contributed by atoms with E-state index >= 15 is 0 Å². The first kappa shape index (κ1) is 17.5. The molecule has 1 aliphatic rings. The van der Waals surface area contributed by atoms with E-state index in [1.54, 1.807) is 0 Å². The van der Waals surface area contributed by atoms with Crippen LogP contribution < -0.4 is 5.32 Å². The first-order valence-electron chi connectivity index (χ1n) is 8.20. The molecule has 0 saturated carbocycles. The normalized spacial score (nSPS) is 17.7. The third kappa shape index (κ3) is 5.34. The summed E-state index contributed by atoms with van der Waals surface area (Å²) in [5.74, 6) is 0.216. The molecule has 0 unspecified atom stereocenters. The van der Waals surface area contributed by atoms with Crippen molar-refractivity contribution in [2.45, 2.75) is 18.9 Å². The summed E-state index contributed by atoms with van der Waals surface area (Å²) in [6.07, 6.45) is 1.74. The third-order valence-electron chi connectivity index (χ3n) is 4.44. The molecule has 23 heavy (non-hydrogen) atoms. The molecule has 0 radical (unpaired) electrons. The first-order valence-corrected chi connectivity index (χ1v) is 8.20. The van der Waals surface area contributed by atoms with Crippen LogP contribution in [0.5, 0.6) is 0 Å². The standard InChI is InChI=1S/C18H26N4O/c1-21(2)17(16-6-4-3-5-7-16)13-20-18(23)14-22-10-8-15(12-19)9-11-22/h3-7,15,17H,8-11,13-14H2,1-2H3,(H,20,23)/t17-/m1/s1. The molecule has 1 aliphatic heterocycles. The number of nitriles is 1. The lowest BCUT2D eigenvalue weighted by atomic mass is 9.99. The summed E-state index contributed by atoms with van der Waals surface area (Å²) in [5, 5.41) is 12.0. The number of carbonyl (C=O) groups excluding carboxylic acids is 1. The summed E-state index contributed by atoms with van der Waals surface area (Å²) in [5.41, 5.74) is 1.20. The monoisotopic (exact) mass is 314 g/mol. The van der Waals surface area contributed by atoms with Gasteiger partial charge in [-0.2, -0.15) is 5.26 Å². The number of nitrogens with one attached hydrogen (secondary N) is 1. The van der Waals surface area contributed by atoms with Crippen LogP contribution in [-0.2, 0) is 4.79 Å². The minimum absolute atomic E-state index is 0.0585. The SMILES string of the molecule is CN(C)[C@H](CNC(=O)CN1CCC(C#N)CC1)c1ccccc1. The van der Waals surface area contributed by atoms with E-state index in [1.165, 1.54) is 5.56 Å². The molecular weight excluding hydrogens is 288 g/mol. The zero-order chi connectivity index (χ0) is 16.7. The molecular formula is C18H26N4O. The highest BCUT2D eigenvalue weighted by Gasteiger charge is 2.21. The predicted octanol–water partition coefficient (Wildman–Crippen LogP) is 1.64. The van der Waals surface area contributed by atoms with E-state index in [0.29, 0.717) is 13.1 Å². The number of likely N-dealkylation sites (N-methyl/N-ethyl adjacent to an activating group) is 1. The smallest absolute Gasteiger partial charge is 0.234 e. The second-order valence-electron chi connectivity index (χ2n) is 6.37. The van der Waals surface area contributed by atoms with Gasteiger partial charge in [0.25, 0.3) is 0 Å². The van der Waals surface area contributed by atoms with Gasteiger partial charge in [-0.15, -0.1) is 0 Å². The highest BCUT2D eigenvalue weighted by molar-refractivity contribution is 5.78. The molecule has 1 aromatic rings. The molecule has 0 bridgehead atoms. The van der Waals surface area contributed by atoms with Gasteiger partial charge in [-0.25, -0.2) is 0 Å². The Kier molecular flexibility index (Phi) is 6.57. The molecule has 0 aliphatic carbocycles. The van der Waals surface area contributed by atoms with Crippen molar-refractivity contribution < 1.29 is 4.79 Å². The number of carbonyl (C=O) groups is 1. The fourth-order valence-corrected chi connectivity index (χ4v) is 2.96. The lowest BCUT2D eigenvalue weighted by molar-refractivity contribution is -0.122. The van der Waals surface area contributed by atoms with Crippen LogP contribution in [0.15, 0.2) is 30.3 Å². The number of rotatable bonds is 6. The maximum atomic E-state index is 12.2. The van der Waals surface area contributed by atoms with Gasteiger partial charge in [0.2, 0.25) is 5.91 Å². The fraction of sp³-hybridized carbons (Fsp3) is 0.556. The van der Waals surface area contributed by atoms with Gasteiger partial charge >= 0.3 is 0 Å². The minimum Gasteiger partial charge on any atom is -0.353 e. The first-order chi connectivity index (χ1) is 11.1. The number of amides is 1. The van der Waals surface area contributed by atoms with Crippen molar-refractivity contribution >= 4 is 5.91 Å². The summed E-state index contributed by atoms with van der Waals surface area (Å²) in [4.78, 5) is 16.4. The van der Waals surface area contributed by atoms with E-state index in [1.807, 2.05) is 32.3 Å². The topological polar surface area (TPSA) is 59.4 Å². The molecule has 1 fully saturated rings. The van der Waals surface area contributed by atoms with Crippen molar-refractivity contribution in [3.05, 3.63) is 35.9 Å². The molecule has 1 saturated heterocycles. The molecule has 1 aromatic carbocycles. The van der Waals surface area contributed by atoms with E-state index in [2.05, 4.69) is 33.3 Å². The number of hydrogen-bond acceptors (Lipinski definition) is 4. The number of likely N-dealkylation sites (tertiary alicyclic amines) is 1. The lowest BCUT2D eigenvalue weighted by Crippen LogP contribution is -2.43. The van der Waals surface area contributed by atoms with Crippen LogP contribution >= 0.6 is 0 Å². The van der Waals surface area contributed by atoms with Crippen LogP contribution in [0.2, 0.25) is 0 Å². The van der Waals surface area contributed by atoms with E-state index < -0.39 is 0 Å². The Hall–Kier alpha value is -1.90. The highest BCUT2D eigenvalue weighted by atomic mass is 16.2. The van der Waals surface area contributed by atoms with Gasteiger partial charge in [-0.3, -0.25) is 9.69 Å². The lowest BCUT2D eigenvalue weighted by Gasteiger charge is -2.29. The summed E-state index contributed by atoms with van der Waals surface area (Å²) < 4.78 is 0. The van der Waals surface area contributed by atoms with E-state index in [-0.39, 0.29) is 17.9 Å². The van der Waals surface area contributed by atoms with Gasteiger partial charge in [-0.1, -0.05) is 30.3 Å². The largest absolute Gasteiger partial charge is 0.353 e. The molecule has 1 heterocycles. The van der Waals surface area contributed by atoms with E-state index in [0.717, 1.165) is 25.9 Å². The van der Waals surface area contributed by atoms with Crippen molar-refractivity contribution in [2.24, 2.45) is 5.92 Å². The Labute approximate surface area is 138 Å². The maximum Gasteiger partial charge on any atom is 0.234 e. The van der Waals surface area contributed by atoms with Crippen molar-refractivity contribution in [3.8, 4) is 6.07 Å². The number of hydrogen-bond donors (Lipinski definition) is 1. The van der Waals surface area contributed by atoms with Gasteiger partial charge < -0.3 is 10.2 Å². The van der Waals surface area contributed by atoms with Crippen molar-refractivity contribution in [1.82, 2.24) is 15.1 Å². The molecule has 2 rings (SSSR count). The average Bonchev–Trinajstić information content (AvgIpc) is 2.56. The summed E-state index contributed by atoms with van der Waals surface area (Å²) in [6.45, 7) is 2.69. The molecule has 124 valence electrons. The number of nitrogens with zero attached hydrogens (tertiary/aromatic N) is 3. The van der Waals surface area contributed by atoms with Crippen LogP contribution in [0, 0.1) is 17.2 Å². The molecule has 5 heteroatoms.